The van der Waals surface area contributed by atoms with Crippen molar-refractivity contribution >= 4 is 0 Å². The summed E-state index contributed by atoms with van der Waals surface area (Å²) in [6, 6.07) is 8.38. The van der Waals surface area contributed by atoms with Gasteiger partial charge in [0.15, 0.2) is 0 Å². The Labute approximate surface area is 104 Å². The quantitative estimate of drug-likeness (QED) is 0.861. The van der Waals surface area contributed by atoms with Gasteiger partial charge in [0.25, 0.3) is 0 Å². The minimum Gasteiger partial charge on any atom is -0.490 e. The van der Waals surface area contributed by atoms with Gasteiger partial charge in [-0.05, 0) is 44.6 Å². The van der Waals surface area contributed by atoms with Crippen LogP contribution in [0.3, 0.4) is 0 Å². The lowest BCUT2D eigenvalue weighted by Crippen LogP contribution is -2.35. The summed E-state index contributed by atoms with van der Waals surface area (Å²) in [5.74, 6) is 1.01. The van der Waals surface area contributed by atoms with Crippen LogP contribution < -0.4 is 10.1 Å². The molecular weight excluding hydrogens is 212 g/mol. The van der Waals surface area contributed by atoms with Gasteiger partial charge in [-0.1, -0.05) is 12.1 Å². The fourth-order valence-corrected chi connectivity index (χ4v) is 2.23. The van der Waals surface area contributed by atoms with E-state index >= 15 is 0 Å². The Morgan fingerprint density at radius 2 is 2.12 bits per heavy atom. The maximum atomic E-state index is 6.04. The highest BCUT2D eigenvalue weighted by atomic mass is 16.5. The zero-order valence-corrected chi connectivity index (χ0v) is 10.8. The van der Waals surface area contributed by atoms with Crippen molar-refractivity contribution in [3.05, 3.63) is 29.8 Å². The van der Waals surface area contributed by atoms with Gasteiger partial charge in [0.1, 0.15) is 11.9 Å². The van der Waals surface area contributed by atoms with E-state index in [0.29, 0.717) is 6.10 Å². The van der Waals surface area contributed by atoms with Gasteiger partial charge in [-0.25, -0.2) is 0 Å². The lowest BCUT2D eigenvalue weighted by atomic mass is 10.1. The SMILES string of the molecule is CNCc1cccc(OC2CCN(C)CC2)c1. The van der Waals surface area contributed by atoms with E-state index in [-0.39, 0.29) is 0 Å². The van der Waals surface area contributed by atoms with Gasteiger partial charge in [0.05, 0.1) is 0 Å². The summed E-state index contributed by atoms with van der Waals surface area (Å²) in [6.45, 7) is 3.17. The second-order valence-electron chi connectivity index (χ2n) is 4.80. The van der Waals surface area contributed by atoms with Crippen molar-refractivity contribution in [1.82, 2.24) is 10.2 Å². The molecule has 0 spiro atoms. The van der Waals surface area contributed by atoms with Crippen LogP contribution in [0.25, 0.3) is 0 Å². The highest BCUT2D eigenvalue weighted by Gasteiger charge is 2.17. The molecule has 0 bridgehead atoms. The Hall–Kier alpha value is -1.06. The molecule has 1 fully saturated rings. The summed E-state index contributed by atoms with van der Waals surface area (Å²) in [5, 5.41) is 3.16. The van der Waals surface area contributed by atoms with E-state index in [0.717, 1.165) is 38.2 Å². The number of benzene rings is 1. The molecule has 1 aromatic carbocycles. The standard InChI is InChI=1S/C14H22N2O/c1-15-11-12-4-3-5-14(10-12)17-13-6-8-16(2)9-7-13/h3-5,10,13,15H,6-9,11H2,1-2H3. The highest BCUT2D eigenvalue weighted by Crippen LogP contribution is 2.19. The van der Waals surface area contributed by atoms with Gasteiger partial charge in [0.2, 0.25) is 0 Å². The molecule has 1 aromatic rings. The maximum Gasteiger partial charge on any atom is 0.120 e. The number of piperidine rings is 1. The number of ether oxygens (including phenoxy) is 1. The Morgan fingerprint density at radius 1 is 1.35 bits per heavy atom. The highest BCUT2D eigenvalue weighted by molar-refractivity contribution is 5.28. The second-order valence-corrected chi connectivity index (χ2v) is 4.80. The first-order valence-corrected chi connectivity index (χ1v) is 6.36. The summed E-state index contributed by atoms with van der Waals surface area (Å²) in [7, 11) is 4.13. The average molecular weight is 234 g/mol. The molecule has 0 aliphatic carbocycles. The fraction of sp³-hybridized carbons (Fsp3) is 0.571. The zero-order chi connectivity index (χ0) is 12.1. The first kappa shape index (κ1) is 12.4. The Balaban J connectivity index is 1.91. The second kappa shape index (κ2) is 6.03. The molecule has 94 valence electrons. The van der Waals surface area contributed by atoms with Crippen molar-refractivity contribution in [2.75, 3.05) is 27.2 Å². The molecule has 17 heavy (non-hydrogen) atoms. The topological polar surface area (TPSA) is 24.5 Å². The first-order chi connectivity index (χ1) is 8.28. The molecule has 1 aliphatic rings. The van der Waals surface area contributed by atoms with Crippen LogP contribution in [0.2, 0.25) is 0 Å². The van der Waals surface area contributed by atoms with Gasteiger partial charge in [-0.3, -0.25) is 0 Å². The van der Waals surface area contributed by atoms with Crippen LogP contribution in [0, 0.1) is 0 Å². The van der Waals surface area contributed by atoms with Crippen LogP contribution in [0.1, 0.15) is 18.4 Å². The summed E-state index contributed by atoms with van der Waals surface area (Å²) >= 11 is 0. The Bertz CT molecular complexity index is 346. The minimum atomic E-state index is 0.385. The smallest absolute Gasteiger partial charge is 0.120 e. The lowest BCUT2D eigenvalue weighted by Gasteiger charge is -2.29. The number of likely N-dealkylation sites (tertiary alicyclic amines) is 1. The average Bonchev–Trinajstić information content (AvgIpc) is 2.33. The zero-order valence-electron chi connectivity index (χ0n) is 10.8. The van der Waals surface area contributed by atoms with Crippen LogP contribution in [0.15, 0.2) is 24.3 Å². The summed E-state index contributed by atoms with van der Waals surface area (Å²) in [4.78, 5) is 2.36. The van der Waals surface area contributed by atoms with Crippen molar-refractivity contribution in [3.63, 3.8) is 0 Å². The number of nitrogens with one attached hydrogen (secondary N) is 1. The number of hydrogen-bond donors (Lipinski definition) is 1. The largest absolute Gasteiger partial charge is 0.490 e. The van der Waals surface area contributed by atoms with E-state index in [1.165, 1.54) is 5.56 Å². The van der Waals surface area contributed by atoms with Crippen LogP contribution in [0.5, 0.6) is 5.75 Å². The van der Waals surface area contributed by atoms with E-state index in [2.05, 4.69) is 41.5 Å². The van der Waals surface area contributed by atoms with E-state index in [1.54, 1.807) is 0 Å². The molecule has 0 amide bonds. The molecule has 0 atom stereocenters. The molecule has 3 heteroatoms. The predicted octanol–water partition coefficient (Wildman–Crippen LogP) is 1.88. The maximum absolute atomic E-state index is 6.04. The van der Waals surface area contributed by atoms with Crippen molar-refractivity contribution < 1.29 is 4.74 Å². The molecule has 2 rings (SSSR count). The van der Waals surface area contributed by atoms with E-state index < -0.39 is 0 Å². The lowest BCUT2D eigenvalue weighted by molar-refractivity contribution is 0.114. The summed E-state index contributed by atoms with van der Waals surface area (Å²) in [5.41, 5.74) is 1.28. The Kier molecular flexibility index (Phi) is 4.40. The third kappa shape index (κ3) is 3.72. The van der Waals surface area contributed by atoms with Crippen LogP contribution in [-0.4, -0.2) is 38.2 Å². The van der Waals surface area contributed by atoms with Crippen LogP contribution >= 0.6 is 0 Å². The predicted molar refractivity (Wildman–Crippen MR) is 70.4 cm³/mol. The normalized spacial score (nSPS) is 18.2. The molecule has 1 heterocycles. The third-order valence-corrected chi connectivity index (χ3v) is 3.25. The molecule has 0 aromatic heterocycles. The van der Waals surface area contributed by atoms with Crippen molar-refractivity contribution in [2.45, 2.75) is 25.5 Å². The van der Waals surface area contributed by atoms with Gasteiger partial charge in [-0.2, -0.15) is 0 Å². The van der Waals surface area contributed by atoms with Gasteiger partial charge >= 0.3 is 0 Å². The molecule has 1 N–H and O–H groups in total. The van der Waals surface area contributed by atoms with Crippen LogP contribution in [0.4, 0.5) is 0 Å². The Morgan fingerprint density at radius 3 is 2.82 bits per heavy atom. The van der Waals surface area contributed by atoms with Gasteiger partial charge in [0, 0.05) is 19.6 Å². The summed E-state index contributed by atoms with van der Waals surface area (Å²) < 4.78 is 6.04. The number of rotatable bonds is 4. The number of hydrogen-bond acceptors (Lipinski definition) is 3. The monoisotopic (exact) mass is 234 g/mol. The molecule has 1 aliphatic heterocycles. The molecular formula is C14H22N2O. The fourth-order valence-electron chi connectivity index (χ4n) is 2.23. The van der Waals surface area contributed by atoms with E-state index in [4.69, 9.17) is 4.74 Å². The molecule has 0 unspecified atom stereocenters. The summed E-state index contributed by atoms with van der Waals surface area (Å²) in [6.07, 6.45) is 2.65. The van der Waals surface area contributed by atoms with Crippen molar-refractivity contribution in [3.8, 4) is 5.75 Å². The molecule has 0 saturated carbocycles. The molecule has 1 saturated heterocycles. The molecule has 0 radical (unpaired) electrons. The van der Waals surface area contributed by atoms with E-state index in [1.807, 2.05) is 7.05 Å². The third-order valence-electron chi connectivity index (χ3n) is 3.25. The van der Waals surface area contributed by atoms with Gasteiger partial charge < -0.3 is 15.0 Å². The van der Waals surface area contributed by atoms with Crippen molar-refractivity contribution in [2.24, 2.45) is 0 Å². The van der Waals surface area contributed by atoms with Gasteiger partial charge in [-0.15, -0.1) is 0 Å². The number of nitrogens with zero attached hydrogens (tertiary/aromatic N) is 1. The van der Waals surface area contributed by atoms with Crippen LogP contribution in [-0.2, 0) is 6.54 Å². The van der Waals surface area contributed by atoms with Crippen molar-refractivity contribution in [1.29, 1.82) is 0 Å². The first-order valence-electron chi connectivity index (χ1n) is 6.36. The van der Waals surface area contributed by atoms with E-state index in [9.17, 15) is 0 Å². The molecule has 3 nitrogen and oxygen atoms in total. The minimum absolute atomic E-state index is 0.385.